The minimum Gasteiger partial charge on any atom is -0.381 e. The highest BCUT2D eigenvalue weighted by Crippen LogP contribution is 2.26. The van der Waals surface area contributed by atoms with Crippen LogP contribution in [0, 0.1) is 0 Å². The number of nitrogen functional groups attached to an aromatic ring is 1. The summed E-state index contributed by atoms with van der Waals surface area (Å²) in [6, 6.07) is 0. The molecule has 0 aliphatic rings. The van der Waals surface area contributed by atoms with Crippen molar-refractivity contribution in [1.29, 1.82) is 0 Å². The van der Waals surface area contributed by atoms with Crippen molar-refractivity contribution in [2.75, 3.05) is 5.73 Å². The van der Waals surface area contributed by atoms with Crippen molar-refractivity contribution in [1.82, 2.24) is 15.0 Å². The third-order valence-electron chi connectivity index (χ3n) is 2.11. The first-order valence-corrected chi connectivity index (χ1v) is 7.17. The number of hydrogen-bond acceptors (Lipinski definition) is 6. The number of nitrogens with two attached hydrogens (primary N) is 1. The summed E-state index contributed by atoms with van der Waals surface area (Å²) in [6.07, 6.45) is 3.25. The van der Waals surface area contributed by atoms with E-state index in [0.717, 1.165) is 16.5 Å². The highest BCUT2D eigenvalue weighted by molar-refractivity contribution is 7.98. The van der Waals surface area contributed by atoms with E-state index in [1.54, 1.807) is 35.5 Å². The highest BCUT2D eigenvalue weighted by Gasteiger charge is 2.07. The normalized spacial score (nSPS) is 11.0. The molecule has 0 radical (unpaired) electrons. The van der Waals surface area contributed by atoms with Crippen LogP contribution in [0.5, 0.6) is 0 Å². The molecule has 0 fully saturated rings. The molecule has 17 heavy (non-hydrogen) atoms. The highest BCUT2D eigenvalue weighted by atomic mass is 32.2. The molecule has 0 bridgehead atoms. The molecule has 0 aromatic carbocycles. The van der Waals surface area contributed by atoms with Gasteiger partial charge in [-0.15, -0.1) is 11.3 Å². The van der Waals surface area contributed by atoms with Gasteiger partial charge in [0.15, 0.2) is 5.82 Å². The third kappa shape index (κ3) is 3.17. The predicted octanol–water partition coefficient (Wildman–Crippen LogP) is 2.93. The summed E-state index contributed by atoms with van der Waals surface area (Å²) in [7, 11) is 0. The maximum atomic E-state index is 5.73. The number of hydrogen-bond donors (Lipinski definition) is 1. The molecule has 0 unspecified atom stereocenters. The topological polar surface area (TPSA) is 64.7 Å². The van der Waals surface area contributed by atoms with Gasteiger partial charge in [-0.3, -0.25) is 0 Å². The molecule has 0 spiro atoms. The van der Waals surface area contributed by atoms with E-state index in [4.69, 9.17) is 5.73 Å². The zero-order valence-corrected chi connectivity index (χ0v) is 11.4. The van der Waals surface area contributed by atoms with E-state index >= 15 is 0 Å². The first kappa shape index (κ1) is 12.3. The van der Waals surface area contributed by atoms with Crippen LogP contribution in [-0.2, 0) is 5.75 Å². The second-order valence-electron chi connectivity index (χ2n) is 3.87. The van der Waals surface area contributed by atoms with E-state index < -0.39 is 0 Å². The molecule has 2 N–H and O–H groups in total. The number of thioether (sulfide) groups is 1. The molecule has 0 aliphatic heterocycles. The van der Waals surface area contributed by atoms with Crippen LogP contribution in [0.4, 0.5) is 5.82 Å². The fourth-order valence-electron chi connectivity index (χ4n) is 1.24. The van der Waals surface area contributed by atoms with Crippen LogP contribution in [-0.4, -0.2) is 15.0 Å². The predicted molar refractivity (Wildman–Crippen MR) is 72.2 cm³/mol. The fourth-order valence-corrected chi connectivity index (χ4v) is 2.95. The second-order valence-corrected chi connectivity index (χ2v) is 5.72. The largest absolute Gasteiger partial charge is 0.381 e. The summed E-state index contributed by atoms with van der Waals surface area (Å²) in [5, 5.41) is 4.04. The molecule has 4 nitrogen and oxygen atoms in total. The van der Waals surface area contributed by atoms with E-state index in [-0.39, 0.29) is 0 Å². The number of aromatic nitrogens is 3. The lowest BCUT2D eigenvalue weighted by Gasteiger charge is -2.01. The minimum atomic E-state index is 0.483. The summed E-state index contributed by atoms with van der Waals surface area (Å²) in [5.74, 6) is 1.75. The lowest BCUT2D eigenvalue weighted by Crippen LogP contribution is -1.95. The molecule has 90 valence electrons. The summed E-state index contributed by atoms with van der Waals surface area (Å²) in [5.41, 5.74) is 6.80. The lowest BCUT2D eigenvalue weighted by molar-refractivity contribution is 0.846. The molecular formula is C11H14N4S2. The van der Waals surface area contributed by atoms with Gasteiger partial charge in [0.25, 0.3) is 0 Å². The van der Waals surface area contributed by atoms with E-state index in [2.05, 4.69) is 34.2 Å². The summed E-state index contributed by atoms with van der Waals surface area (Å²) in [4.78, 5) is 12.8. The van der Waals surface area contributed by atoms with Crippen molar-refractivity contribution in [3.63, 3.8) is 0 Å². The van der Waals surface area contributed by atoms with Gasteiger partial charge in [0.05, 0.1) is 10.7 Å². The zero-order valence-electron chi connectivity index (χ0n) is 9.75. The monoisotopic (exact) mass is 266 g/mol. The van der Waals surface area contributed by atoms with E-state index in [0.29, 0.717) is 11.7 Å². The zero-order chi connectivity index (χ0) is 12.3. The summed E-state index contributed by atoms with van der Waals surface area (Å²) >= 11 is 3.28. The van der Waals surface area contributed by atoms with Crippen LogP contribution in [0.25, 0.3) is 0 Å². The maximum absolute atomic E-state index is 5.73. The van der Waals surface area contributed by atoms with Gasteiger partial charge in [0, 0.05) is 29.4 Å². The fraction of sp³-hybridized carbons (Fsp3) is 0.364. The number of nitrogens with zero attached hydrogens (tertiary/aromatic N) is 3. The smallest absolute Gasteiger partial charge is 0.156 e. The molecule has 0 saturated heterocycles. The standard InChI is InChI=1S/C11H14N4S2/c1-7(2)10-15-8(5-16-10)6-17-11-9(12)13-3-4-14-11/h3-5,7H,6H2,1-2H3,(H2,12,13). The Labute approximate surface area is 109 Å². The van der Waals surface area contributed by atoms with Gasteiger partial charge < -0.3 is 5.73 Å². The summed E-state index contributed by atoms with van der Waals surface area (Å²) in [6.45, 7) is 4.30. The van der Waals surface area contributed by atoms with Gasteiger partial charge >= 0.3 is 0 Å². The van der Waals surface area contributed by atoms with Crippen molar-refractivity contribution >= 4 is 28.9 Å². The van der Waals surface area contributed by atoms with Gasteiger partial charge in [-0.1, -0.05) is 25.6 Å². The van der Waals surface area contributed by atoms with Crippen molar-refractivity contribution in [2.24, 2.45) is 0 Å². The Morgan fingerprint density at radius 1 is 1.35 bits per heavy atom. The Hall–Kier alpha value is -1.14. The molecule has 0 aliphatic carbocycles. The van der Waals surface area contributed by atoms with Crippen LogP contribution >= 0.6 is 23.1 Å². The third-order valence-corrected chi connectivity index (χ3v) is 4.33. The second kappa shape index (κ2) is 5.46. The van der Waals surface area contributed by atoms with Crippen LogP contribution in [0.1, 0.15) is 30.5 Å². The number of rotatable bonds is 4. The molecular weight excluding hydrogens is 252 g/mol. The first-order chi connectivity index (χ1) is 8.16. The number of thiazole rings is 1. The molecule has 2 heterocycles. The molecule has 2 aromatic heterocycles. The Bertz CT molecular complexity index is 496. The van der Waals surface area contributed by atoms with Crippen LogP contribution < -0.4 is 5.73 Å². The Balaban J connectivity index is 2.00. The average molecular weight is 266 g/mol. The average Bonchev–Trinajstić information content (AvgIpc) is 2.77. The minimum absolute atomic E-state index is 0.483. The van der Waals surface area contributed by atoms with E-state index in [9.17, 15) is 0 Å². The van der Waals surface area contributed by atoms with Crippen molar-refractivity contribution in [2.45, 2.75) is 30.5 Å². The van der Waals surface area contributed by atoms with E-state index in [1.807, 2.05) is 0 Å². The Kier molecular flexibility index (Phi) is 3.96. The van der Waals surface area contributed by atoms with Crippen molar-refractivity contribution in [3.05, 3.63) is 28.5 Å². The van der Waals surface area contributed by atoms with Crippen LogP contribution in [0.2, 0.25) is 0 Å². The van der Waals surface area contributed by atoms with Crippen LogP contribution in [0.15, 0.2) is 22.8 Å². The van der Waals surface area contributed by atoms with E-state index in [1.165, 1.54) is 5.01 Å². The quantitative estimate of drug-likeness (QED) is 0.862. The van der Waals surface area contributed by atoms with Crippen molar-refractivity contribution < 1.29 is 0 Å². The van der Waals surface area contributed by atoms with Crippen LogP contribution in [0.3, 0.4) is 0 Å². The SMILES string of the molecule is CC(C)c1nc(CSc2nccnc2N)cs1. The lowest BCUT2D eigenvalue weighted by atomic mass is 10.2. The van der Waals surface area contributed by atoms with Gasteiger partial charge in [-0.25, -0.2) is 15.0 Å². The molecule has 0 amide bonds. The van der Waals surface area contributed by atoms with Gasteiger partial charge in [0.2, 0.25) is 0 Å². The molecule has 2 aromatic rings. The Morgan fingerprint density at radius 2 is 2.12 bits per heavy atom. The molecule has 0 saturated carbocycles. The van der Waals surface area contributed by atoms with Gasteiger partial charge in [-0.05, 0) is 0 Å². The number of anilines is 1. The summed E-state index contributed by atoms with van der Waals surface area (Å²) < 4.78 is 0. The molecule has 6 heteroatoms. The molecule has 2 rings (SSSR count). The first-order valence-electron chi connectivity index (χ1n) is 5.30. The van der Waals surface area contributed by atoms with Gasteiger partial charge in [0.1, 0.15) is 5.03 Å². The van der Waals surface area contributed by atoms with Gasteiger partial charge in [-0.2, -0.15) is 0 Å². The molecule has 0 atom stereocenters. The Morgan fingerprint density at radius 3 is 2.76 bits per heavy atom. The van der Waals surface area contributed by atoms with Crippen molar-refractivity contribution in [3.8, 4) is 0 Å². The maximum Gasteiger partial charge on any atom is 0.156 e.